The van der Waals surface area contributed by atoms with E-state index in [1.54, 1.807) is 4.90 Å². The Morgan fingerprint density at radius 1 is 1.02 bits per heavy atom. The lowest BCUT2D eigenvalue weighted by Crippen LogP contribution is -2.64. The Morgan fingerprint density at radius 2 is 1.68 bits per heavy atom. The first-order chi connectivity index (χ1) is 21.8. The van der Waals surface area contributed by atoms with Crippen LogP contribution in [0.5, 0.6) is 0 Å². The van der Waals surface area contributed by atoms with Crippen LogP contribution in [0.1, 0.15) is 113 Å². The van der Waals surface area contributed by atoms with E-state index in [2.05, 4.69) is 16.0 Å². The molecular formula is C35H59N5O6S. The zero-order valence-electron chi connectivity index (χ0n) is 29.6. The second-order valence-corrected chi connectivity index (χ2v) is 18.9. The molecule has 0 spiro atoms. The normalized spacial score (nSPS) is 28.4. The molecule has 0 aromatic rings. The van der Waals surface area contributed by atoms with Crippen LogP contribution in [0.3, 0.4) is 0 Å². The van der Waals surface area contributed by atoms with Gasteiger partial charge in [0.05, 0.1) is 28.8 Å². The molecule has 1 aliphatic heterocycles. The number of sulfone groups is 1. The number of carbonyl (C=O) groups is 4. The van der Waals surface area contributed by atoms with Crippen molar-refractivity contribution in [2.45, 2.75) is 136 Å². The van der Waals surface area contributed by atoms with Gasteiger partial charge in [-0.05, 0) is 74.0 Å². The molecule has 0 radical (unpaired) electrons. The van der Waals surface area contributed by atoms with Gasteiger partial charge in [0.2, 0.25) is 11.8 Å². The van der Waals surface area contributed by atoms with Gasteiger partial charge in [-0.1, -0.05) is 67.7 Å². The summed E-state index contributed by atoms with van der Waals surface area (Å²) in [5, 5.41) is 17.2. The Kier molecular flexibility index (Phi) is 11.5. The maximum Gasteiger partial charge on any atom is 0.315 e. The SMILES string of the molecule is CC(C)CCS(=O)(=O)CC1(NC(=O)NC(C(=O)N2CCC(C(C)C)C2C(=O)NC2CC3CCC3C(=N)C2=O)C(C)(C)C)CCCCC1. The van der Waals surface area contributed by atoms with Crippen LogP contribution < -0.4 is 16.0 Å². The minimum atomic E-state index is -3.42. The Labute approximate surface area is 281 Å². The van der Waals surface area contributed by atoms with Gasteiger partial charge < -0.3 is 26.3 Å². The molecule has 3 aliphatic carbocycles. The van der Waals surface area contributed by atoms with Gasteiger partial charge in [0.1, 0.15) is 12.1 Å². The summed E-state index contributed by atoms with van der Waals surface area (Å²) in [5.74, 6) is -0.702. The van der Waals surface area contributed by atoms with Gasteiger partial charge in [-0.3, -0.25) is 14.4 Å². The number of nitrogens with zero attached hydrogens (tertiary/aromatic N) is 1. The molecule has 4 rings (SSSR count). The highest BCUT2D eigenvalue weighted by Crippen LogP contribution is 2.42. The number of hydrogen-bond acceptors (Lipinski definition) is 7. The maximum atomic E-state index is 14.4. The monoisotopic (exact) mass is 677 g/mol. The van der Waals surface area contributed by atoms with Gasteiger partial charge in [0, 0.05) is 12.5 Å². The van der Waals surface area contributed by atoms with E-state index in [9.17, 15) is 27.6 Å². The third kappa shape index (κ3) is 8.76. The first-order valence-electron chi connectivity index (χ1n) is 17.9. The predicted octanol–water partition coefficient (Wildman–Crippen LogP) is 4.24. The highest BCUT2D eigenvalue weighted by atomic mass is 32.2. The summed E-state index contributed by atoms with van der Waals surface area (Å²) in [6, 6.07) is -3.13. The molecule has 0 aromatic carbocycles. The Balaban J connectivity index is 1.51. The number of carbonyl (C=O) groups excluding carboxylic acids is 4. The lowest BCUT2D eigenvalue weighted by atomic mass is 9.63. The number of hydrogen-bond donors (Lipinski definition) is 4. The summed E-state index contributed by atoms with van der Waals surface area (Å²) in [7, 11) is -3.42. The van der Waals surface area contributed by atoms with Crippen LogP contribution in [0.15, 0.2) is 0 Å². The van der Waals surface area contributed by atoms with E-state index >= 15 is 0 Å². The van der Waals surface area contributed by atoms with Crippen molar-refractivity contribution in [2.24, 2.45) is 35.0 Å². The second kappa shape index (κ2) is 14.5. The van der Waals surface area contributed by atoms with Gasteiger partial charge in [-0.2, -0.15) is 0 Å². The van der Waals surface area contributed by atoms with Crippen LogP contribution in [0.25, 0.3) is 0 Å². The van der Waals surface area contributed by atoms with Crippen LogP contribution in [0.4, 0.5) is 4.79 Å². The van der Waals surface area contributed by atoms with E-state index in [4.69, 9.17) is 5.41 Å². The van der Waals surface area contributed by atoms with Crippen molar-refractivity contribution in [3.63, 3.8) is 0 Å². The molecule has 12 heteroatoms. The number of Topliss-reactive ketones (excluding diaryl/α,β-unsaturated/α-hetero) is 1. The quantitative estimate of drug-likeness (QED) is 0.255. The molecule has 6 unspecified atom stereocenters. The fraction of sp³-hybridized carbons (Fsp3) is 0.857. The van der Waals surface area contributed by atoms with E-state index in [1.807, 2.05) is 48.5 Å². The van der Waals surface area contributed by atoms with E-state index < -0.39 is 44.9 Å². The minimum absolute atomic E-state index is 0.00119. The highest BCUT2D eigenvalue weighted by Gasteiger charge is 2.50. The number of likely N-dealkylation sites (tertiary alicyclic amines) is 1. The molecule has 4 N–H and O–H groups in total. The van der Waals surface area contributed by atoms with Gasteiger partial charge in [0.25, 0.3) is 0 Å². The van der Waals surface area contributed by atoms with Gasteiger partial charge in [-0.25, -0.2) is 13.2 Å². The molecule has 1 saturated heterocycles. The first kappa shape index (κ1) is 37.3. The molecule has 4 amide bonds. The smallest absolute Gasteiger partial charge is 0.315 e. The summed E-state index contributed by atoms with van der Waals surface area (Å²) in [6.07, 6.45) is 7.20. The van der Waals surface area contributed by atoms with Crippen LogP contribution >= 0.6 is 0 Å². The van der Waals surface area contributed by atoms with Crippen molar-refractivity contribution in [3.8, 4) is 0 Å². The fourth-order valence-electron chi connectivity index (χ4n) is 8.16. The van der Waals surface area contributed by atoms with Crippen LogP contribution in [-0.4, -0.2) is 84.4 Å². The van der Waals surface area contributed by atoms with Crippen molar-refractivity contribution < 1.29 is 27.6 Å². The average Bonchev–Trinajstić information content (AvgIpc) is 3.40. The van der Waals surface area contributed by atoms with E-state index in [0.29, 0.717) is 38.6 Å². The average molecular weight is 678 g/mol. The van der Waals surface area contributed by atoms with Crippen molar-refractivity contribution in [1.29, 1.82) is 5.41 Å². The van der Waals surface area contributed by atoms with E-state index in [-0.39, 0.29) is 64.4 Å². The third-order valence-electron chi connectivity index (χ3n) is 11.2. The number of fused-ring (bicyclic) bond motifs is 1. The molecular weight excluding hydrogens is 618 g/mol. The van der Waals surface area contributed by atoms with E-state index in [0.717, 1.165) is 32.1 Å². The highest BCUT2D eigenvalue weighted by molar-refractivity contribution is 7.91. The van der Waals surface area contributed by atoms with Crippen molar-refractivity contribution in [2.75, 3.05) is 18.1 Å². The van der Waals surface area contributed by atoms with Gasteiger partial charge >= 0.3 is 6.03 Å². The molecule has 3 saturated carbocycles. The largest absolute Gasteiger partial charge is 0.344 e. The number of urea groups is 1. The standard InChI is InChI=1S/C35H59N5O6S/c1-21(2)14-18-47(45,46)20-35(15-9-8-10-16-35)39-33(44)38-30(34(5,6)7)32(43)40-17-13-24(22(3)4)28(40)31(42)37-26-19-23-11-12-25(23)27(36)29(26)41/h21-26,28,30,36H,8-20H2,1-7H3,(H,37,42)(H2,38,39,44). The molecule has 0 aromatic heterocycles. The predicted molar refractivity (Wildman–Crippen MR) is 183 cm³/mol. The summed E-state index contributed by atoms with van der Waals surface area (Å²) >= 11 is 0. The topological polar surface area (TPSA) is 166 Å². The number of ketones is 1. The Morgan fingerprint density at radius 3 is 2.23 bits per heavy atom. The summed E-state index contributed by atoms with van der Waals surface area (Å²) < 4.78 is 26.3. The first-order valence-corrected chi connectivity index (χ1v) is 19.7. The molecule has 1 heterocycles. The Hall–Kier alpha value is -2.50. The molecule has 6 atom stereocenters. The van der Waals surface area contributed by atoms with Crippen molar-refractivity contribution >= 4 is 39.2 Å². The summed E-state index contributed by atoms with van der Waals surface area (Å²) in [6.45, 7) is 13.9. The summed E-state index contributed by atoms with van der Waals surface area (Å²) in [5.41, 5.74) is -1.52. The number of nitrogens with one attached hydrogen (secondary N) is 4. The van der Waals surface area contributed by atoms with Crippen molar-refractivity contribution in [1.82, 2.24) is 20.9 Å². The zero-order chi connectivity index (χ0) is 34.9. The molecule has 0 bridgehead atoms. The molecule has 11 nitrogen and oxygen atoms in total. The molecule has 4 aliphatic rings. The van der Waals surface area contributed by atoms with Gasteiger partial charge in [0.15, 0.2) is 15.6 Å². The van der Waals surface area contributed by atoms with E-state index in [1.165, 1.54) is 0 Å². The van der Waals surface area contributed by atoms with Crippen LogP contribution in [0.2, 0.25) is 0 Å². The van der Waals surface area contributed by atoms with Crippen molar-refractivity contribution in [3.05, 3.63) is 0 Å². The van der Waals surface area contributed by atoms with Gasteiger partial charge in [-0.15, -0.1) is 0 Å². The number of amides is 4. The number of rotatable bonds is 11. The fourth-order valence-corrected chi connectivity index (χ4v) is 10.3. The second-order valence-electron chi connectivity index (χ2n) is 16.7. The molecule has 266 valence electrons. The van der Waals surface area contributed by atoms with Crippen LogP contribution in [-0.2, 0) is 24.2 Å². The lowest BCUT2D eigenvalue weighted by Gasteiger charge is -2.43. The van der Waals surface area contributed by atoms with Crippen LogP contribution in [0, 0.1) is 40.4 Å². The third-order valence-corrected chi connectivity index (χ3v) is 13.0. The summed E-state index contributed by atoms with van der Waals surface area (Å²) in [4.78, 5) is 56.6. The lowest BCUT2D eigenvalue weighted by molar-refractivity contribution is -0.143. The zero-order valence-corrected chi connectivity index (χ0v) is 30.4. The maximum absolute atomic E-state index is 14.4. The Bertz CT molecular complexity index is 1320. The molecule has 4 fully saturated rings. The minimum Gasteiger partial charge on any atom is -0.344 e. The molecule has 47 heavy (non-hydrogen) atoms.